The zero-order valence-electron chi connectivity index (χ0n) is 17.6. The van der Waals surface area contributed by atoms with Gasteiger partial charge in [0.15, 0.2) is 0 Å². The van der Waals surface area contributed by atoms with Crippen LogP contribution in [0.5, 0.6) is 0 Å². The minimum absolute atomic E-state index is 0.00876. The van der Waals surface area contributed by atoms with E-state index in [4.69, 9.17) is 4.74 Å². The van der Waals surface area contributed by atoms with Crippen molar-refractivity contribution in [3.63, 3.8) is 0 Å². The summed E-state index contributed by atoms with van der Waals surface area (Å²) in [4.78, 5) is 25.1. The van der Waals surface area contributed by atoms with Gasteiger partial charge in [0.25, 0.3) is 5.91 Å². The number of nitrogens with one attached hydrogen (secondary N) is 1. The molecule has 0 saturated carbocycles. The van der Waals surface area contributed by atoms with Gasteiger partial charge in [0, 0.05) is 6.17 Å². The number of esters is 1. The van der Waals surface area contributed by atoms with E-state index >= 15 is 0 Å². The van der Waals surface area contributed by atoms with E-state index in [1.165, 1.54) is 0 Å². The van der Waals surface area contributed by atoms with Crippen molar-refractivity contribution in [1.29, 1.82) is 0 Å². The van der Waals surface area contributed by atoms with E-state index in [1.807, 2.05) is 66.7 Å². The van der Waals surface area contributed by atoms with Crippen LogP contribution < -0.4 is 5.32 Å². The molecule has 0 atom stereocenters. The summed E-state index contributed by atoms with van der Waals surface area (Å²) in [7, 11) is -1.50. The van der Waals surface area contributed by atoms with Gasteiger partial charge in [-0.15, -0.1) is 0 Å². The zero-order valence-corrected chi connectivity index (χ0v) is 18.6. The van der Waals surface area contributed by atoms with Gasteiger partial charge in [-0.1, -0.05) is 86.4 Å². The fraction of sp³-hybridized carbons (Fsp3) is 0.250. The van der Waals surface area contributed by atoms with Crippen LogP contribution in [-0.4, -0.2) is 32.7 Å². The molecule has 1 N–H and O–H groups in total. The van der Waals surface area contributed by atoms with Crippen molar-refractivity contribution in [1.82, 2.24) is 5.32 Å². The minimum Gasteiger partial charge on any atom is -0.462 e. The SMILES string of the molecule is CCOC(=O)C(=CC=C(c1ccccc1)c1ccccc1)C(=O)NC[Si](C)(C)C. The number of rotatable bonds is 8. The maximum atomic E-state index is 12.7. The molecule has 0 aliphatic carbocycles. The van der Waals surface area contributed by atoms with Crippen molar-refractivity contribution in [2.24, 2.45) is 0 Å². The maximum Gasteiger partial charge on any atom is 0.343 e. The third-order valence-electron chi connectivity index (χ3n) is 4.11. The van der Waals surface area contributed by atoms with Crippen LogP contribution in [0.3, 0.4) is 0 Å². The largest absolute Gasteiger partial charge is 0.462 e. The van der Waals surface area contributed by atoms with Crippen LogP contribution in [0.1, 0.15) is 18.1 Å². The van der Waals surface area contributed by atoms with Crippen LogP contribution in [-0.2, 0) is 14.3 Å². The Labute approximate surface area is 174 Å². The predicted octanol–water partition coefficient (Wildman–Crippen LogP) is 4.60. The van der Waals surface area contributed by atoms with Gasteiger partial charge in [0.2, 0.25) is 0 Å². The molecule has 4 nitrogen and oxygen atoms in total. The van der Waals surface area contributed by atoms with E-state index in [2.05, 4.69) is 25.0 Å². The Morgan fingerprint density at radius 2 is 1.41 bits per heavy atom. The number of carbonyl (C=O) groups is 2. The first kappa shape index (κ1) is 22.4. The van der Waals surface area contributed by atoms with Gasteiger partial charge >= 0.3 is 5.97 Å². The minimum atomic E-state index is -1.50. The Hall–Kier alpha value is -2.92. The van der Waals surface area contributed by atoms with Gasteiger partial charge in [-0.2, -0.15) is 0 Å². The zero-order chi connectivity index (χ0) is 21.3. The normalized spacial score (nSPS) is 11.5. The van der Waals surface area contributed by atoms with E-state index < -0.39 is 20.0 Å². The van der Waals surface area contributed by atoms with E-state index in [9.17, 15) is 9.59 Å². The summed E-state index contributed by atoms with van der Waals surface area (Å²) in [6, 6.07) is 19.8. The molecule has 152 valence electrons. The molecule has 0 saturated heterocycles. The maximum absolute atomic E-state index is 12.7. The first-order chi connectivity index (χ1) is 13.8. The average Bonchev–Trinajstić information content (AvgIpc) is 2.70. The molecule has 0 bridgehead atoms. The highest BCUT2D eigenvalue weighted by molar-refractivity contribution is 6.76. The molecule has 29 heavy (non-hydrogen) atoms. The number of amides is 1. The number of hydrogen-bond acceptors (Lipinski definition) is 3. The fourth-order valence-corrected chi connectivity index (χ4v) is 3.34. The third kappa shape index (κ3) is 7.20. The number of carbonyl (C=O) groups excluding carboxylic acids is 2. The molecule has 2 aromatic carbocycles. The summed E-state index contributed by atoms with van der Waals surface area (Å²) in [5.74, 6) is -1.01. The van der Waals surface area contributed by atoms with E-state index in [-0.39, 0.29) is 12.2 Å². The van der Waals surface area contributed by atoms with E-state index in [0.29, 0.717) is 6.17 Å². The summed E-state index contributed by atoms with van der Waals surface area (Å²) in [6.07, 6.45) is 3.97. The molecule has 0 radical (unpaired) electrons. The Bertz CT molecular complexity index is 840. The summed E-state index contributed by atoms with van der Waals surface area (Å²) < 4.78 is 5.11. The molecule has 0 fully saturated rings. The highest BCUT2D eigenvalue weighted by Crippen LogP contribution is 2.23. The lowest BCUT2D eigenvalue weighted by molar-refractivity contribution is -0.140. The summed E-state index contributed by atoms with van der Waals surface area (Å²) in [6.45, 7) is 8.41. The first-order valence-electron chi connectivity index (χ1n) is 9.80. The molecule has 0 heterocycles. The molecule has 1 amide bonds. The predicted molar refractivity (Wildman–Crippen MR) is 121 cm³/mol. The van der Waals surface area contributed by atoms with Gasteiger partial charge < -0.3 is 10.1 Å². The molecule has 2 rings (SSSR count). The first-order valence-corrected chi connectivity index (χ1v) is 13.5. The number of hydrogen-bond donors (Lipinski definition) is 1. The van der Waals surface area contributed by atoms with Gasteiger partial charge in [0.1, 0.15) is 5.57 Å². The molecule has 0 aliphatic rings. The summed E-state index contributed by atoms with van der Waals surface area (Å²) in [5.41, 5.74) is 2.93. The highest BCUT2D eigenvalue weighted by atomic mass is 28.3. The third-order valence-corrected chi connectivity index (χ3v) is 5.34. The summed E-state index contributed by atoms with van der Waals surface area (Å²) in [5, 5.41) is 2.89. The smallest absolute Gasteiger partial charge is 0.343 e. The van der Waals surface area contributed by atoms with Crippen molar-refractivity contribution in [3.05, 3.63) is 89.5 Å². The fourth-order valence-electron chi connectivity index (χ4n) is 2.65. The molecule has 5 heteroatoms. The molecule has 2 aromatic rings. The molecular weight excluding hydrogens is 378 g/mol. The molecule has 0 spiro atoms. The van der Waals surface area contributed by atoms with Crippen LogP contribution in [0.25, 0.3) is 5.57 Å². The molecule has 0 aliphatic heterocycles. The van der Waals surface area contributed by atoms with Gasteiger partial charge in [-0.3, -0.25) is 4.79 Å². The van der Waals surface area contributed by atoms with Crippen molar-refractivity contribution >= 4 is 25.5 Å². The van der Waals surface area contributed by atoms with E-state index in [1.54, 1.807) is 13.0 Å². The van der Waals surface area contributed by atoms with Gasteiger partial charge in [-0.05, 0) is 29.7 Å². The monoisotopic (exact) mass is 407 g/mol. The second kappa shape index (κ2) is 10.6. The second-order valence-corrected chi connectivity index (χ2v) is 13.3. The second-order valence-electron chi connectivity index (χ2n) is 7.86. The Morgan fingerprint density at radius 3 is 1.86 bits per heavy atom. The van der Waals surface area contributed by atoms with Crippen LogP contribution >= 0.6 is 0 Å². The lowest BCUT2D eigenvalue weighted by Crippen LogP contribution is -2.41. The number of allylic oxidation sites excluding steroid dienone is 2. The lowest BCUT2D eigenvalue weighted by atomic mass is 9.97. The topological polar surface area (TPSA) is 55.4 Å². The van der Waals surface area contributed by atoms with Crippen molar-refractivity contribution < 1.29 is 14.3 Å². The molecule has 0 unspecified atom stereocenters. The quantitative estimate of drug-likeness (QED) is 0.174. The number of benzene rings is 2. The van der Waals surface area contributed by atoms with Crippen molar-refractivity contribution in [2.75, 3.05) is 12.8 Å². The van der Waals surface area contributed by atoms with Crippen LogP contribution in [0.2, 0.25) is 19.6 Å². The number of ether oxygens (including phenoxy) is 1. The standard InChI is InChI=1S/C24H29NO3Si/c1-5-28-24(27)22(23(26)25-18-29(2,3)4)17-16-21(19-12-8-6-9-13-19)20-14-10-7-11-15-20/h6-17H,5,18H2,1-4H3,(H,25,26). The Kier molecular flexibility index (Phi) is 8.16. The van der Waals surface area contributed by atoms with E-state index in [0.717, 1.165) is 16.7 Å². The highest BCUT2D eigenvalue weighted by Gasteiger charge is 2.21. The lowest BCUT2D eigenvalue weighted by Gasteiger charge is -2.17. The Morgan fingerprint density at radius 1 is 0.897 bits per heavy atom. The van der Waals surface area contributed by atoms with Crippen LogP contribution in [0.15, 0.2) is 78.4 Å². The van der Waals surface area contributed by atoms with Crippen LogP contribution in [0.4, 0.5) is 0 Å². The van der Waals surface area contributed by atoms with Gasteiger partial charge in [0.05, 0.1) is 14.7 Å². The molecule has 0 aromatic heterocycles. The van der Waals surface area contributed by atoms with Gasteiger partial charge in [-0.25, -0.2) is 4.79 Å². The average molecular weight is 408 g/mol. The van der Waals surface area contributed by atoms with Crippen molar-refractivity contribution in [3.8, 4) is 0 Å². The molecular formula is C24H29NO3Si. The van der Waals surface area contributed by atoms with Crippen molar-refractivity contribution in [2.45, 2.75) is 26.6 Å². The van der Waals surface area contributed by atoms with Crippen LogP contribution in [0, 0.1) is 0 Å². The summed E-state index contributed by atoms with van der Waals surface area (Å²) >= 11 is 0. The Balaban J connectivity index is 2.45.